The van der Waals surface area contributed by atoms with E-state index in [2.05, 4.69) is 10.5 Å². The Morgan fingerprint density at radius 1 is 1.12 bits per heavy atom. The van der Waals surface area contributed by atoms with Crippen LogP contribution < -0.4 is 5.32 Å². The lowest BCUT2D eigenvalue weighted by atomic mass is 10.0. The molecule has 5 rings (SSSR count). The van der Waals surface area contributed by atoms with Crippen molar-refractivity contribution in [2.75, 3.05) is 0 Å². The molecule has 3 aliphatic rings. The highest BCUT2D eigenvalue weighted by molar-refractivity contribution is 5.64. The van der Waals surface area contributed by atoms with Crippen molar-refractivity contribution in [3.05, 3.63) is 41.2 Å². The first-order chi connectivity index (χ1) is 12.7. The normalized spacial score (nSPS) is 27.8. The van der Waals surface area contributed by atoms with Gasteiger partial charge in [0.2, 0.25) is 0 Å². The van der Waals surface area contributed by atoms with E-state index in [0.29, 0.717) is 30.3 Å². The van der Waals surface area contributed by atoms with Crippen LogP contribution in [0.3, 0.4) is 0 Å². The zero-order chi connectivity index (χ0) is 17.7. The topological polar surface area (TPSA) is 47.3 Å². The van der Waals surface area contributed by atoms with Gasteiger partial charge in [-0.25, -0.2) is 8.78 Å². The van der Waals surface area contributed by atoms with Crippen LogP contribution in [0.1, 0.15) is 55.8 Å². The average Bonchev–Trinajstić information content (AvgIpc) is 3.31. The fraction of sp³-hybridized carbons (Fsp3) is 0.550. The summed E-state index contributed by atoms with van der Waals surface area (Å²) in [5.74, 6) is -0.652. The number of rotatable bonds is 5. The average molecular weight is 360 g/mol. The van der Waals surface area contributed by atoms with Crippen LogP contribution in [0.5, 0.6) is 0 Å². The molecule has 1 aromatic heterocycles. The van der Waals surface area contributed by atoms with Gasteiger partial charge in [-0.3, -0.25) is 0 Å². The summed E-state index contributed by atoms with van der Waals surface area (Å²) < 4.78 is 39.7. The highest BCUT2D eigenvalue weighted by atomic mass is 19.2. The smallest absolute Gasteiger partial charge is 0.168 e. The zero-order valence-corrected chi connectivity index (χ0v) is 14.5. The van der Waals surface area contributed by atoms with Gasteiger partial charge >= 0.3 is 0 Å². The lowest BCUT2D eigenvalue weighted by Gasteiger charge is -2.29. The summed E-state index contributed by atoms with van der Waals surface area (Å²) in [6.45, 7) is 0.338. The van der Waals surface area contributed by atoms with Crippen molar-refractivity contribution >= 4 is 0 Å². The van der Waals surface area contributed by atoms with Crippen LogP contribution in [-0.4, -0.2) is 23.3 Å². The molecule has 0 amide bonds. The number of fused-ring (bicyclic) bond motifs is 2. The summed E-state index contributed by atoms with van der Waals surface area (Å²) in [4.78, 5) is 0. The minimum atomic E-state index is -0.885. The number of nitrogens with one attached hydrogen (secondary N) is 1. The molecule has 1 aliphatic carbocycles. The molecule has 0 spiro atoms. The maximum atomic E-state index is 14.3. The Morgan fingerprint density at radius 3 is 2.62 bits per heavy atom. The van der Waals surface area contributed by atoms with E-state index in [1.165, 1.54) is 18.9 Å². The van der Waals surface area contributed by atoms with Crippen molar-refractivity contribution in [1.29, 1.82) is 0 Å². The summed E-state index contributed by atoms with van der Waals surface area (Å²) in [5.41, 5.74) is 1.30. The van der Waals surface area contributed by atoms with Crippen LogP contribution in [-0.2, 0) is 11.3 Å². The largest absolute Gasteiger partial charge is 0.373 e. The molecular formula is C20H22F2N2O2. The van der Waals surface area contributed by atoms with Crippen molar-refractivity contribution in [2.45, 2.75) is 69.2 Å². The lowest BCUT2D eigenvalue weighted by Crippen LogP contribution is -2.41. The highest BCUT2D eigenvalue weighted by Crippen LogP contribution is 2.44. The van der Waals surface area contributed by atoms with Crippen LogP contribution in [0.4, 0.5) is 8.78 Å². The van der Waals surface area contributed by atoms with Gasteiger partial charge in [0.25, 0.3) is 0 Å². The molecule has 0 radical (unpaired) electrons. The van der Waals surface area contributed by atoms with Crippen molar-refractivity contribution in [1.82, 2.24) is 10.5 Å². The molecule has 3 heterocycles. The molecule has 2 aliphatic heterocycles. The highest BCUT2D eigenvalue weighted by Gasteiger charge is 2.36. The first-order valence-corrected chi connectivity index (χ1v) is 9.49. The Kier molecular flexibility index (Phi) is 4.05. The number of aromatic nitrogens is 1. The maximum Gasteiger partial charge on any atom is 0.168 e. The van der Waals surface area contributed by atoms with Crippen molar-refractivity contribution in [3.63, 3.8) is 0 Å². The second-order valence-electron chi connectivity index (χ2n) is 7.79. The lowest BCUT2D eigenvalue weighted by molar-refractivity contribution is 0.00875. The number of halogens is 2. The monoisotopic (exact) mass is 360 g/mol. The zero-order valence-electron chi connectivity index (χ0n) is 14.5. The first kappa shape index (κ1) is 16.4. The Morgan fingerprint density at radius 2 is 1.88 bits per heavy atom. The molecule has 26 heavy (non-hydrogen) atoms. The van der Waals surface area contributed by atoms with Gasteiger partial charge in [-0.1, -0.05) is 11.2 Å². The second kappa shape index (κ2) is 6.43. The van der Waals surface area contributed by atoms with E-state index in [1.54, 1.807) is 6.07 Å². The van der Waals surface area contributed by atoms with Crippen LogP contribution in [0, 0.1) is 11.6 Å². The van der Waals surface area contributed by atoms with Gasteiger partial charge < -0.3 is 14.6 Å². The van der Waals surface area contributed by atoms with Crippen LogP contribution in [0.25, 0.3) is 11.3 Å². The molecule has 2 bridgehead atoms. The van der Waals surface area contributed by atoms with Gasteiger partial charge in [0.05, 0.1) is 12.7 Å². The first-order valence-electron chi connectivity index (χ1n) is 9.49. The molecule has 3 fully saturated rings. The third kappa shape index (κ3) is 2.95. The SMILES string of the molecule is Fc1cccc(-c2noc(C3CC3)c2COC2CC3CCC(C2)N3)c1F. The quantitative estimate of drug-likeness (QED) is 0.864. The van der Waals surface area contributed by atoms with Crippen molar-refractivity contribution in [2.24, 2.45) is 0 Å². The molecule has 1 saturated carbocycles. The van der Waals surface area contributed by atoms with Gasteiger partial charge in [-0.05, 0) is 50.7 Å². The van der Waals surface area contributed by atoms with E-state index in [4.69, 9.17) is 9.26 Å². The number of piperidine rings is 1. The molecule has 2 saturated heterocycles. The summed E-state index contributed by atoms with van der Waals surface area (Å²) in [7, 11) is 0. The Bertz CT molecular complexity index is 806. The van der Waals surface area contributed by atoms with E-state index in [1.807, 2.05) is 0 Å². The van der Waals surface area contributed by atoms with Gasteiger partial charge in [0.1, 0.15) is 11.5 Å². The van der Waals surface area contributed by atoms with E-state index < -0.39 is 11.6 Å². The van der Waals surface area contributed by atoms with Crippen molar-refractivity contribution in [3.8, 4) is 11.3 Å². The van der Waals surface area contributed by atoms with Crippen LogP contribution >= 0.6 is 0 Å². The minimum absolute atomic E-state index is 0.143. The molecule has 6 heteroatoms. The number of ether oxygens (including phenoxy) is 1. The molecule has 1 N–H and O–H groups in total. The predicted molar refractivity (Wildman–Crippen MR) is 91.6 cm³/mol. The fourth-order valence-corrected chi connectivity index (χ4v) is 4.37. The van der Waals surface area contributed by atoms with Crippen LogP contribution in [0.15, 0.2) is 22.7 Å². The van der Waals surface area contributed by atoms with E-state index >= 15 is 0 Å². The minimum Gasteiger partial charge on any atom is -0.373 e. The third-order valence-electron chi connectivity index (χ3n) is 5.87. The van der Waals surface area contributed by atoms with Crippen LogP contribution in [0.2, 0.25) is 0 Å². The maximum absolute atomic E-state index is 14.3. The van der Waals surface area contributed by atoms with Crippen molar-refractivity contribution < 1.29 is 18.0 Å². The summed E-state index contributed by atoms with van der Waals surface area (Å²) >= 11 is 0. The summed E-state index contributed by atoms with van der Waals surface area (Å²) in [5, 5.41) is 7.68. The van der Waals surface area contributed by atoms with Gasteiger partial charge in [0, 0.05) is 29.1 Å². The summed E-state index contributed by atoms with van der Waals surface area (Å²) in [6.07, 6.45) is 6.72. The number of nitrogens with zero attached hydrogens (tertiary/aromatic N) is 1. The molecule has 2 atom stereocenters. The molecule has 2 aromatic rings. The standard InChI is InChI=1S/C20H22F2N2O2/c21-17-3-1-2-15(18(17)22)19-16(20(26-24-19)11-4-5-11)10-25-14-8-12-6-7-13(9-14)23-12/h1-3,11-14,23H,4-10H2. The molecule has 138 valence electrons. The number of hydrogen-bond acceptors (Lipinski definition) is 4. The Labute approximate surface area is 150 Å². The third-order valence-corrected chi connectivity index (χ3v) is 5.87. The van der Waals surface area contributed by atoms with Gasteiger partial charge in [-0.2, -0.15) is 0 Å². The Hall–Kier alpha value is -1.79. The summed E-state index contributed by atoms with van der Waals surface area (Å²) in [6, 6.07) is 5.24. The number of benzene rings is 1. The van der Waals surface area contributed by atoms with E-state index in [0.717, 1.165) is 43.1 Å². The number of hydrogen-bond donors (Lipinski definition) is 1. The molecule has 4 nitrogen and oxygen atoms in total. The van der Waals surface area contributed by atoms with Gasteiger partial charge in [-0.15, -0.1) is 0 Å². The molecule has 2 unspecified atom stereocenters. The van der Waals surface area contributed by atoms with Gasteiger partial charge in [0.15, 0.2) is 11.6 Å². The predicted octanol–water partition coefficient (Wildman–Crippen LogP) is 4.30. The molecular weight excluding hydrogens is 338 g/mol. The fourth-order valence-electron chi connectivity index (χ4n) is 4.37. The molecule has 1 aromatic carbocycles. The van der Waals surface area contributed by atoms with E-state index in [-0.39, 0.29) is 11.7 Å². The Balaban J connectivity index is 1.41. The second-order valence-corrected chi connectivity index (χ2v) is 7.79. The van der Waals surface area contributed by atoms with E-state index in [9.17, 15) is 8.78 Å².